The first-order chi connectivity index (χ1) is 15.1. The first-order valence-corrected chi connectivity index (χ1v) is 9.99. The summed E-state index contributed by atoms with van der Waals surface area (Å²) in [7, 11) is 0. The Morgan fingerprint density at radius 2 is 2.00 bits per heavy atom. The Morgan fingerprint density at radius 1 is 1.13 bits per heavy atom. The Balaban J connectivity index is 1.52. The summed E-state index contributed by atoms with van der Waals surface area (Å²) in [6.07, 6.45) is 2.43. The largest absolute Gasteiger partial charge is 0.457 e. The van der Waals surface area contributed by atoms with Crippen LogP contribution in [0.25, 0.3) is 22.3 Å². The molecule has 0 bridgehead atoms. The lowest BCUT2D eigenvalue weighted by atomic mass is 10.1. The number of anilines is 1. The molecule has 158 valence electrons. The van der Waals surface area contributed by atoms with Gasteiger partial charge in [-0.05, 0) is 49.7 Å². The molecule has 1 aliphatic rings. The third-order valence-electron chi connectivity index (χ3n) is 5.38. The number of nitrogens with zero attached hydrogens (tertiary/aromatic N) is 4. The number of benzene rings is 2. The number of halogens is 2. The van der Waals surface area contributed by atoms with Crippen molar-refractivity contribution in [2.45, 2.75) is 13.0 Å². The van der Waals surface area contributed by atoms with Crippen molar-refractivity contribution in [3.63, 3.8) is 0 Å². The fourth-order valence-electron chi connectivity index (χ4n) is 3.88. The molecule has 4 aromatic rings. The molecule has 0 spiro atoms. The molecule has 3 heterocycles. The van der Waals surface area contributed by atoms with Gasteiger partial charge in [0.25, 0.3) is 0 Å². The highest BCUT2D eigenvalue weighted by atomic mass is 19.1. The summed E-state index contributed by atoms with van der Waals surface area (Å²) < 4.78 is 35.8. The molecule has 1 saturated heterocycles. The van der Waals surface area contributed by atoms with E-state index in [2.05, 4.69) is 20.4 Å². The molecule has 1 atom stereocenters. The predicted octanol–water partition coefficient (Wildman–Crippen LogP) is 3.76. The van der Waals surface area contributed by atoms with Crippen molar-refractivity contribution in [1.29, 1.82) is 0 Å². The Morgan fingerprint density at radius 3 is 2.77 bits per heavy atom. The summed E-state index contributed by atoms with van der Waals surface area (Å²) in [5.74, 6) is 0.224. The van der Waals surface area contributed by atoms with Crippen molar-refractivity contribution in [2.24, 2.45) is 5.92 Å². The van der Waals surface area contributed by atoms with Crippen LogP contribution in [0.4, 0.5) is 14.6 Å². The van der Waals surface area contributed by atoms with Crippen LogP contribution in [0.5, 0.6) is 11.5 Å². The zero-order valence-electron chi connectivity index (χ0n) is 16.6. The average molecular weight is 422 g/mol. The number of rotatable bonds is 5. The molecule has 9 heteroatoms. The Bertz CT molecular complexity index is 1250. The van der Waals surface area contributed by atoms with Crippen LogP contribution in [0, 0.1) is 17.6 Å². The topological polar surface area (TPSA) is 90.9 Å². The number of nitrogens with two attached hydrogens (primary N) is 1. The lowest BCUT2D eigenvalue weighted by Crippen LogP contribution is -2.15. The summed E-state index contributed by atoms with van der Waals surface area (Å²) in [6.45, 7) is 2.52. The van der Waals surface area contributed by atoms with E-state index in [-0.39, 0.29) is 22.9 Å². The van der Waals surface area contributed by atoms with E-state index >= 15 is 4.39 Å². The molecule has 7 nitrogen and oxygen atoms in total. The predicted molar refractivity (Wildman–Crippen MR) is 113 cm³/mol. The molecule has 2 aromatic carbocycles. The van der Waals surface area contributed by atoms with Crippen LogP contribution >= 0.6 is 0 Å². The van der Waals surface area contributed by atoms with Crippen LogP contribution in [-0.2, 0) is 6.54 Å². The fourth-order valence-corrected chi connectivity index (χ4v) is 3.88. The summed E-state index contributed by atoms with van der Waals surface area (Å²) in [5, 5.41) is 8.50. The standard InChI is InChI=1S/C22H20F2N6O/c23-14-2-1-3-15(8-14)31-16-4-5-17(18(24)9-16)20-19-21(25)27-12-28-22(19)30(29-20)11-13-6-7-26-10-13/h1-5,8-9,12-13,26H,6-7,10-11H2,(H2,25,27,28)/t13-/m1/s1. The van der Waals surface area contributed by atoms with Gasteiger partial charge in [-0.15, -0.1) is 0 Å². The molecule has 0 radical (unpaired) electrons. The summed E-state index contributed by atoms with van der Waals surface area (Å²) in [5.41, 5.74) is 7.34. The molecule has 1 aliphatic heterocycles. The maximum absolute atomic E-state index is 15.1. The minimum atomic E-state index is -0.536. The van der Waals surface area contributed by atoms with Crippen molar-refractivity contribution < 1.29 is 13.5 Å². The molecule has 5 rings (SSSR count). The van der Waals surface area contributed by atoms with E-state index in [1.807, 2.05) is 0 Å². The van der Waals surface area contributed by atoms with Crippen LogP contribution in [0.3, 0.4) is 0 Å². The van der Waals surface area contributed by atoms with Gasteiger partial charge in [-0.25, -0.2) is 23.4 Å². The molecule has 1 fully saturated rings. The van der Waals surface area contributed by atoms with Gasteiger partial charge in [-0.3, -0.25) is 0 Å². The number of ether oxygens (including phenoxy) is 1. The molecule has 3 N–H and O–H groups in total. The van der Waals surface area contributed by atoms with Gasteiger partial charge in [0.15, 0.2) is 5.65 Å². The number of aromatic nitrogens is 4. The molecule has 2 aromatic heterocycles. The quantitative estimate of drug-likeness (QED) is 0.509. The third-order valence-corrected chi connectivity index (χ3v) is 5.38. The van der Waals surface area contributed by atoms with Crippen LogP contribution in [-0.4, -0.2) is 32.8 Å². The van der Waals surface area contributed by atoms with Crippen LogP contribution in [0.15, 0.2) is 48.8 Å². The highest BCUT2D eigenvalue weighted by Crippen LogP contribution is 2.34. The second kappa shape index (κ2) is 7.92. The van der Waals surface area contributed by atoms with Gasteiger partial charge in [0.2, 0.25) is 0 Å². The van der Waals surface area contributed by atoms with E-state index in [0.717, 1.165) is 19.5 Å². The summed E-state index contributed by atoms with van der Waals surface area (Å²) >= 11 is 0. The number of nitrogen functional groups attached to an aromatic ring is 1. The first kappa shape index (κ1) is 19.4. The zero-order chi connectivity index (χ0) is 21.4. The monoisotopic (exact) mass is 422 g/mol. The summed E-state index contributed by atoms with van der Waals surface area (Å²) in [6, 6.07) is 10.1. The number of hydrogen-bond acceptors (Lipinski definition) is 6. The lowest BCUT2D eigenvalue weighted by Gasteiger charge is -2.09. The molecule has 0 amide bonds. The number of nitrogens with one attached hydrogen (secondary N) is 1. The molecule has 0 aliphatic carbocycles. The second-order valence-electron chi connectivity index (χ2n) is 7.55. The molecular formula is C22H20F2N6O. The van der Waals surface area contributed by atoms with Gasteiger partial charge in [0, 0.05) is 24.2 Å². The van der Waals surface area contributed by atoms with Gasteiger partial charge in [0.05, 0.1) is 5.39 Å². The Kier molecular flexibility index (Phi) is 4.95. The minimum absolute atomic E-state index is 0.246. The van der Waals surface area contributed by atoms with E-state index in [1.54, 1.807) is 22.9 Å². The van der Waals surface area contributed by atoms with Crippen molar-refractivity contribution in [1.82, 2.24) is 25.1 Å². The third kappa shape index (κ3) is 3.79. The molecule has 31 heavy (non-hydrogen) atoms. The van der Waals surface area contributed by atoms with E-state index < -0.39 is 11.6 Å². The SMILES string of the molecule is Nc1ncnc2c1c(-c1ccc(Oc3cccc(F)c3)cc1F)nn2C[C@@H]1CCNC1. The second-order valence-corrected chi connectivity index (χ2v) is 7.55. The van der Waals surface area contributed by atoms with Crippen molar-refractivity contribution in [3.8, 4) is 22.8 Å². The van der Waals surface area contributed by atoms with Gasteiger partial charge < -0.3 is 15.8 Å². The normalized spacial score (nSPS) is 16.1. The highest BCUT2D eigenvalue weighted by molar-refractivity contribution is 5.98. The number of fused-ring (bicyclic) bond motifs is 1. The van der Waals surface area contributed by atoms with Crippen molar-refractivity contribution in [2.75, 3.05) is 18.8 Å². The minimum Gasteiger partial charge on any atom is -0.457 e. The fraction of sp³-hybridized carbons (Fsp3) is 0.227. The molecule has 0 unspecified atom stereocenters. The summed E-state index contributed by atoms with van der Waals surface area (Å²) in [4.78, 5) is 8.42. The molecular weight excluding hydrogens is 402 g/mol. The van der Waals surface area contributed by atoms with Gasteiger partial charge in [-0.1, -0.05) is 6.07 Å². The van der Waals surface area contributed by atoms with Gasteiger partial charge in [-0.2, -0.15) is 5.10 Å². The van der Waals surface area contributed by atoms with E-state index in [4.69, 9.17) is 10.5 Å². The zero-order valence-corrected chi connectivity index (χ0v) is 16.6. The highest BCUT2D eigenvalue weighted by Gasteiger charge is 2.23. The first-order valence-electron chi connectivity index (χ1n) is 9.99. The maximum atomic E-state index is 15.1. The van der Waals surface area contributed by atoms with Gasteiger partial charge in [0.1, 0.15) is 41.0 Å². The Labute approximate surface area is 176 Å². The number of hydrogen-bond donors (Lipinski definition) is 2. The van der Waals surface area contributed by atoms with E-state index in [1.165, 1.54) is 30.6 Å². The lowest BCUT2D eigenvalue weighted by molar-refractivity contribution is 0.457. The van der Waals surface area contributed by atoms with Crippen LogP contribution in [0.2, 0.25) is 0 Å². The van der Waals surface area contributed by atoms with E-state index in [9.17, 15) is 4.39 Å². The van der Waals surface area contributed by atoms with Gasteiger partial charge >= 0.3 is 0 Å². The smallest absolute Gasteiger partial charge is 0.163 e. The van der Waals surface area contributed by atoms with E-state index in [0.29, 0.717) is 29.2 Å². The van der Waals surface area contributed by atoms with Crippen molar-refractivity contribution >= 4 is 16.9 Å². The van der Waals surface area contributed by atoms with Crippen molar-refractivity contribution in [3.05, 3.63) is 60.4 Å². The van der Waals surface area contributed by atoms with Crippen LogP contribution < -0.4 is 15.8 Å². The average Bonchev–Trinajstić information content (AvgIpc) is 3.38. The van der Waals surface area contributed by atoms with Crippen LogP contribution in [0.1, 0.15) is 6.42 Å². The Hall–Kier alpha value is -3.59. The maximum Gasteiger partial charge on any atom is 0.163 e. The molecule has 0 saturated carbocycles.